The highest BCUT2D eigenvalue weighted by Crippen LogP contribution is 2.39. The van der Waals surface area contributed by atoms with Crippen molar-refractivity contribution in [2.45, 2.75) is 39.3 Å². The van der Waals surface area contributed by atoms with Crippen LogP contribution in [0, 0.1) is 5.92 Å². The molecule has 18 heavy (non-hydrogen) atoms. The molecule has 1 aliphatic carbocycles. The largest absolute Gasteiger partial charge is 0.414 e. The molecule has 1 fully saturated rings. The third kappa shape index (κ3) is 2.86. The molecule has 3 nitrogen and oxygen atoms in total. The predicted molar refractivity (Wildman–Crippen MR) is 56.8 cm³/mol. The Bertz CT molecular complexity index is 418. The summed E-state index contributed by atoms with van der Waals surface area (Å²) in [5.74, 6) is -4.26. The summed E-state index contributed by atoms with van der Waals surface area (Å²) in [7, 11) is 0. The number of alkyl halides is 3. The number of ketones is 3. The van der Waals surface area contributed by atoms with Gasteiger partial charge in [0.2, 0.25) is 0 Å². The fourth-order valence-electron chi connectivity index (χ4n) is 2.20. The smallest absolute Gasteiger partial charge is 0.299 e. The van der Waals surface area contributed by atoms with E-state index in [1.54, 1.807) is 0 Å². The Morgan fingerprint density at radius 3 is 1.89 bits per heavy atom. The molecule has 6 heteroatoms. The van der Waals surface area contributed by atoms with E-state index in [-0.39, 0.29) is 12.8 Å². The summed E-state index contributed by atoms with van der Waals surface area (Å²) in [5.41, 5.74) is -1.66. The van der Waals surface area contributed by atoms with Gasteiger partial charge in [0.1, 0.15) is 17.5 Å². The molecule has 0 radical (unpaired) electrons. The van der Waals surface area contributed by atoms with Crippen LogP contribution in [-0.2, 0) is 14.4 Å². The zero-order chi connectivity index (χ0) is 14.1. The van der Waals surface area contributed by atoms with Crippen LogP contribution in [0.3, 0.4) is 0 Å². The number of rotatable bonds is 3. The van der Waals surface area contributed by atoms with E-state index in [9.17, 15) is 27.6 Å². The van der Waals surface area contributed by atoms with Gasteiger partial charge in [-0.25, -0.2) is 0 Å². The number of hydrogen-bond acceptors (Lipinski definition) is 3. The Balaban J connectivity index is 3.43. The molecule has 1 rings (SSSR count). The maximum atomic E-state index is 13.0. The van der Waals surface area contributed by atoms with Crippen molar-refractivity contribution < 1.29 is 27.6 Å². The van der Waals surface area contributed by atoms with Crippen molar-refractivity contribution in [2.24, 2.45) is 5.92 Å². The molecule has 0 bridgehead atoms. The molecule has 0 atom stereocenters. The van der Waals surface area contributed by atoms with Gasteiger partial charge in [0.15, 0.2) is 5.78 Å². The summed E-state index contributed by atoms with van der Waals surface area (Å²) >= 11 is 0. The highest BCUT2D eigenvalue weighted by Gasteiger charge is 2.46. The molecule has 0 unspecified atom stereocenters. The van der Waals surface area contributed by atoms with Crippen LogP contribution in [0.25, 0.3) is 0 Å². The van der Waals surface area contributed by atoms with E-state index in [1.807, 2.05) is 0 Å². The van der Waals surface area contributed by atoms with Crippen LogP contribution in [0.5, 0.6) is 0 Å². The van der Waals surface area contributed by atoms with Gasteiger partial charge in [0.25, 0.3) is 0 Å². The second-order valence-corrected chi connectivity index (χ2v) is 4.32. The zero-order valence-electron chi connectivity index (χ0n) is 10.1. The third-order valence-electron chi connectivity index (χ3n) is 2.90. The molecule has 100 valence electrons. The fourth-order valence-corrected chi connectivity index (χ4v) is 2.20. The van der Waals surface area contributed by atoms with E-state index in [1.165, 1.54) is 0 Å². The molecular weight excluding hydrogens is 249 g/mol. The number of carbonyl (C=O) groups is 3. The average molecular weight is 262 g/mol. The molecule has 0 aliphatic heterocycles. The lowest BCUT2D eigenvalue weighted by Crippen LogP contribution is -2.32. The number of halogens is 3. The number of hydrogen-bond donors (Lipinski definition) is 0. The van der Waals surface area contributed by atoms with E-state index in [2.05, 4.69) is 0 Å². The minimum Gasteiger partial charge on any atom is -0.299 e. The third-order valence-corrected chi connectivity index (χ3v) is 2.90. The molecule has 0 N–H and O–H groups in total. The summed E-state index contributed by atoms with van der Waals surface area (Å²) in [6, 6.07) is 0. The van der Waals surface area contributed by atoms with E-state index >= 15 is 0 Å². The van der Waals surface area contributed by atoms with Gasteiger partial charge >= 0.3 is 6.18 Å². The maximum Gasteiger partial charge on any atom is 0.414 e. The maximum absolute atomic E-state index is 13.0. The van der Waals surface area contributed by atoms with Crippen LogP contribution < -0.4 is 0 Å². The van der Waals surface area contributed by atoms with Gasteiger partial charge in [0.05, 0.1) is 5.57 Å². The van der Waals surface area contributed by atoms with Gasteiger partial charge < -0.3 is 0 Å². The van der Waals surface area contributed by atoms with Gasteiger partial charge in [-0.05, 0) is 26.7 Å². The Kier molecular flexibility index (Phi) is 4.09. The van der Waals surface area contributed by atoms with E-state index in [4.69, 9.17) is 0 Å². The first-order valence-corrected chi connectivity index (χ1v) is 5.50. The highest BCUT2D eigenvalue weighted by molar-refractivity contribution is 6.07. The Labute approximate surface area is 102 Å². The average Bonchev–Trinajstić information content (AvgIpc) is 2.57. The van der Waals surface area contributed by atoms with Gasteiger partial charge in [-0.1, -0.05) is 0 Å². The van der Waals surface area contributed by atoms with Crippen molar-refractivity contribution in [3.05, 3.63) is 11.1 Å². The normalized spacial score (nSPS) is 19.3. The lowest BCUT2D eigenvalue weighted by atomic mass is 9.86. The number of carbonyl (C=O) groups excluding carboxylic acids is 3. The SMILES string of the molecule is CC(=O)C(C(C)=O)/C(=C1/CCCC1=O)C(F)(F)F. The Hall–Kier alpha value is -1.46. The summed E-state index contributed by atoms with van der Waals surface area (Å²) < 4.78 is 39.0. The predicted octanol–water partition coefficient (Wildman–Crippen LogP) is 2.39. The minimum atomic E-state index is -4.84. The first-order valence-electron chi connectivity index (χ1n) is 5.50. The summed E-state index contributed by atoms with van der Waals surface area (Å²) in [6.07, 6.45) is -4.49. The molecule has 0 amide bonds. The van der Waals surface area contributed by atoms with Crippen LogP contribution >= 0.6 is 0 Å². The van der Waals surface area contributed by atoms with Crippen molar-refractivity contribution in [3.8, 4) is 0 Å². The second kappa shape index (κ2) is 5.04. The van der Waals surface area contributed by atoms with Gasteiger partial charge in [-0.15, -0.1) is 0 Å². The van der Waals surface area contributed by atoms with Crippen molar-refractivity contribution in [2.75, 3.05) is 0 Å². The Morgan fingerprint density at radius 1 is 1.11 bits per heavy atom. The molecule has 0 aromatic rings. The van der Waals surface area contributed by atoms with Crippen molar-refractivity contribution in [1.82, 2.24) is 0 Å². The first-order chi connectivity index (χ1) is 8.16. The second-order valence-electron chi connectivity index (χ2n) is 4.32. The standard InChI is InChI=1S/C12H13F3O3/c1-6(16)10(7(2)17)11(12(13,14)15)8-4-3-5-9(8)18/h10H,3-5H2,1-2H3/b11-8+. The topological polar surface area (TPSA) is 51.2 Å². The summed E-state index contributed by atoms with van der Waals surface area (Å²) in [5, 5.41) is 0. The van der Waals surface area contributed by atoms with Gasteiger partial charge in [0, 0.05) is 12.0 Å². The van der Waals surface area contributed by atoms with Gasteiger partial charge in [-0.2, -0.15) is 13.2 Å². The molecule has 0 heterocycles. The summed E-state index contributed by atoms with van der Waals surface area (Å²) in [4.78, 5) is 34.0. The quantitative estimate of drug-likeness (QED) is 0.579. The molecule has 1 saturated carbocycles. The Morgan fingerprint density at radius 2 is 1.61 bits per heavy atom. The minimum absolute atomic E-state index is 0.0231. The van der Waals surface area contributed by atoms with Gasteiger partial charge in [-0.3, -0.25) is 14.4 Å². The molecule has 1 aliphatic rings. The lowest BCUT2D eigenvalue weighted by Gasteiger charge is -2.20. The number of Topliss-reactive ketones (excluding diaryl/α,β-unsaturated/α-hetero) is 3. The number of allylic oxidation sites excluding steroid dienone is 2. The van der Waals surface area contributed by atoms with Crippen LogP contribution in [0.4, 0.5) is 13.2 Å². The highest BCUT2D eigenvalue weighted by atomic mass is 19.4. The van der Waals surface area contributed by atoms with E-state index < -0.39 is 40.6 Å². The zero-order valence-corrected chi connectivity index (χ0v) is 10.1. The first kappa shape index (κ1) is 14.6. The van der Waals surface area contributed by atoms with Crippen LogP contribution in [-0.4, -0.2) is 23.5 Å². The van der Waals surface area contributed by atoms with Crippen LogP contribution in [0.2, 0.25) is 0 Å². The van der Waals surface area contributed by atoms with Crippen molar-refractivity contribution in [3.63, 3.8) is 0 Å². The molecule has 0 aromatic carbocycles. The monoisotopic (exact) mass is 262 g/mol. The molecule has 0 spiro atoms. The van der Waals surface area contributed by atoms with E-state index in [0.29, 0.717) is 6.42 Å². The molecule has 0 aromatic heterocycles. The molecular formula is C12H13F3O3. The molecule has 0 saturated heterocycles. The van der Waals surface area contributed by atoms with Crippen molar-refractivity contribution >= 4 is 17.3 Å². The summed E-state index contributed by atoms with van der Waals surface area (Å²) in [6.45, 7) is 1.86. The van der Waals surface area contributed by atoms with Crippen LogP contribution in [0.1, 0.15) is 33.1 Å². The fraction of sp³-hybridized carbons (Fsp3) is 0.583. The van der Waals surface area contributed by atoms with E-state index in [0.717, 1.165) is 13.8 Å². The van der Waals surface area contributed by atoms with Crippen LogP contribution in [0.15, 0.2) is 11.1 Å². The lowest BCUT2D eigenvalue weighted by molar-refractivity contribution is -0.137. The van der Waals surface area contributed by atoms with Crippen molar-refractivity contribution in [1.29, 1.82) is 0 Å².